The lowest BCUT2D eigenvalue weighted by Crippen LogP contribution is -2.18. The lowest BCUT2D eigenvalue weighted by atomic mass is 9.94. The highest BCUT2D eigenvalue weighted by atomic mass is 35.5. The second-order valence-electron chi connectivity index (χ2n) is 7.10. The van der Waals surface area contributed by atoms with Crippen LogP contribution in [0, 0.1) is 11.2 Å². The molecule has 1 aromatic heterocycles. The summed E-state index contributed by atoms with van der Waals surface area (Å²) in [4.78, 5) is 16.5. The van der Waals surface area contributed by atoms with Gasteiger partial charge in [0.05, 0.1) is 5.41 Å². The van der Waals surface area contributed by atoms with E-state index in [1.165, 1.54) is 6.07 Å². The van der Waals surface area contributed by atoms with Crippen molar-refractivity contribution in [3.63, 3.8) is 0 Å². The van der Waals surface area contributed by atoms with E-state index in [-0.39, 0.29) is 17.7 Å². The van der Waals surface area contributed by atoms with Crippen LogP contribution >= 0.6 is 11.6 Å². The van der Waals surface area contributed by atoms with Crippen LogP contribution in [0.2, 0.25) is 5.15 Å². The molecule has 0 saturated heterocycles. The summed E-state index contributed by atoms with van der Waals surface area (Å²) in [6.07, 6.45) is 2.61. The van der Waals surface area contributed by atoms with E-state index in [0.29, 0.717) is 23.1 Å². The molecule has 1 aromatic carbocycles. The largest absolute Gasteiger partial charge is 0.481 e. The second-order valence-corrected chi connectivity index (χ2v) is 7.49. The number of rotatable bonds is 5. The number of pyridine rings is 1. The Morgan fingerprint density at radius 2 is 2.04 bits per heavy atom. The van der Waals surface area contributed by atoms with Crippen molar-refractivity contribution in [1.82, 2.24) is 4.98 Å². The van der Waals surface area contributed by atoms with E-state index in [1.54, 1.807) is 24.3 Å². The summed E-state index contributed by atoms with van der Waals surface area (Å²) in [6.45, 7) is 1.85. The Bertz CT molecular complexity index is 851. The van der Waals surface area contributed by atoms with Crippen molar-refractivity contribution in [2.24, 2.45) is 5.41 Å². The molecule has 1 N–H and O–H groups in total. The average Bonchev–Trinajstić information content (AvgIpc) is 3.47. The van der Waals surface area contributed by atoms with Crippen molar-refractivity contribution < 1.29 is 14.3 Å². The van der Waals surface area contributed by atoms with Crippen LogP contribution in [-0.2, 0) is 4.79 Å². The number of benzene rings is 1. The molecule has 2 saturated carbocycles. The molecular formula is C20H19ClFNO2. The molecular weight excluding hydrogens is 341 g/mol. The van der Waals surface area contributed by atoms with Gasteiger partial charge in [0, 0.05) is 23.4 Å². The molecule has 0 aliphatic heterocycles. The van der Waals surface area contributed by atoms with E-state index < -0.39 is 11.4 Å². The van der Waals surface area contributed by atoms with Crippen LogP contribution in [0.1, 0.15) is 60.8 Å². The minimum atomic E-state index is -0.992. The van der Waals surface area contributed by atoms with Crippen LogP contribution in [0.3, 0.4) is 0 Å². The molecule has 3 atom stereocenters. The number of carboxylic acids is 1. The molecule has 0 bridgehead atoms. The second kappa shape index (κ2) is 5.80. The standard InChI is InChI=1S/C20H19ClFNO2/c1-2-20(19(24)25)17(18(20)13-5-3-4-6-14(13)22)12-9-15(11-7-8-11)23-16(21)10-12/h3-6,9-11,17-18H,2,7-8H2,1H3,(H,24,25)/t17-,18+,20-/m0/s1. The van der Waals surface area contributed by atoms with Crippen molar-refractivity contribution in [2.45, 2.75) is 43.9 Å². The summed E-state index contributed by atoms with van der Waals surface area (Å²) in [5.41, 5.74) is 1.27. The Labute approximate surface area is 150 Å². The van der Waals surface area contributed by atoms with Crippen LogP contribution < -0.4 is 0 Å². The Balaban J connectivity index is 1.82. The highest BCUT2D eigenvalue weighted by Gasteiger charge is 2.70. The molecule has 25 heavy (non-hydrogen) atoms. The molecule has 5 heteroatoms. The van der Waals surface area contributed by atoms with Crippen LogP contribution in [0.4, 0.5) is 4.39 Å². The Kier molecular flexibility index (Phi) is 3.84. The van der Waals surface area contributed by atoms with Gasteiger partial charge >= 0.3 is 5.97 Å². The Morgan fingerprint density at radius 3 is 2.64 bits per heavy atom. The molecule has 0 spiro atoms. The summed E-state index contributed by atoms with van der Waals surface area (Å²) in [7, 11) is 0. The molecule has 0 radical (unpaired) electrons. The summed E-state index contributed by atoms with van der Waals surface area (Å²) in [6, 6.07) is 10.2. The third kappa shape index (κ3) is 2.54. The van der Waals surface area contributed by atoms with E-state index in [9.17, 15) is 14.3 Å². The maximum absolute atomic E-state index is 14.4. The summed E-state index contributed by atoms with van der Waals surface area (Å²) >= 11 is 6.20. The lowest BCUT2D eigenvalue weighted by molar-refractivity contribution is -0.143. The predicted octanol–water partition coefficient (Wildman–Crippen LogP) is 5.11. The zero-order chi connectivity index (χ0) is 17.8. The first-order valence-electron chi connectivity index (χ1n) is 8.64. The van der Waals surface area contributed by atoms with Gasteiger partial charge in [-0.1, -0.05) is 36.7 Å². The third-order valence-corrected chi connectivity index (χ3v) is 5.94. The Morgan fingerprint density at radius 1 is 1.32 bits per heavy atom. The topological polar surface area (TPSA) is 50.2 Å². The van der Waals surface area contributed by atoms with Gasteiger partial charge in [0.25, 0.3) is 0 Å². The van der Waals surface area contributed by atoms with Crippen LogP contribution in [0.15, 0.2) is 36.4 Å². The van der Waals surface area contributed by atoms with Crippen LogP contribution in [0.5, 0.6) is 0 Å². The van der Waals surface area contributed by atoms with E-state index in [1.807, 2.05) is 13.0 Å². The molecule has 4 rings (SSSR count). The molecule has 2 aromatic rings. The van der Waals surface area contributed by atoms with Crippen molar-refractivity contribution in [1.29, 1.82) is 0 Å². The van der Waals surface area contributed by atoms with Crippen molar-refractivity contribution in [2.75, 3.05) is 0 Å². The third-order valence-electron chi connectivity index (χ3n) is 5.75. The number of aliphatic carboxylic acids is 1. The van der Waals surface area contributed by atoms with Crippen molar-refractivity contribution in [3.8, 4) is 0 Å². The maximum atomic E-state index is 14.4. The minimum Gasteiger partial charge on any atom is -0.481 e. The molecule has 0 amide bonds. The van der Waals surface area contributed by atoms with Crippen LogP contribution in [0.25, 0.3) is 0 Å². The fraction of sp³-hybridized carbons (Fsp3) is 0.400. The Hall–Kier alpha value is -1.94. The summed E-state index contributed by atoms with van der Waals surface area (Å²) < 4.78 is 14.4. The normalized spacial score (nSPS) is 28.0. The zero-order valence-electron chi connectivity index (χ0n) is 13.9. The monoisotopic (exact) mass is 359 g/mol. The highest BCUT2D eigenvalue weighted by molar-refractivity contribution is 6.29. The number of hydrogen-bond donors (Lipinski definition) is 1. The van der Waals surface area contributed by atoms with Gasteiger partial charge in [-0.05, 0) is 48.6 Å². The fourth-order valence-electron chi connectivity index (χ4n) is 4.28. The first-order chi connectivity index (χ1) is 12.0. The number of aromatic nitrogens is 1. The molecule has 130 valence electrons. The maximum Gasteiger partial charge on any atom is 0.310 e. The van der Waals surface area contributed by atoms with E-state index in [0.717, 1.165) is 24.1 Å². The highest BCUT2D eigenvalue weighted by Crippen LogP contribution is 2.72. The number of halogens is 2. The number of hydrogen-bond acceptors (Lipinski definition) is 2. The molecule has 1 heterocycles. The van der Waals surface area contributed by atoms with Crippen molar-refractivity contribution in [3.05, 3.63) is 64.2 Å². The first kappa shape index (κ1) is 16.5. The average molecular weight is 360 g/mol. The molecule has 2 aliphatic carbocycles. The quantitative estimate of drug-likeness (QED) is 0.754. The predicted molar refractivity (Wildman–Crippen MR) is 93.5 cm³/mol. The molecule has 2 fully saturated rings. The van der Waals surface area contributed by atoms with Gasteiger partial charge in [-0.15, -0.1) is 0 Å². The summed E-state index contributed by atoms with van der Waals surface area (Å²) in [5.74, 6) is -1.48. The number of nitrogens with zero attached hydrogens (tertiary/aromatic N) is 1. The van der Waals surface area contributed by atoms with Gasteiger partial charge in [-0.25, -0.2) is 9.37 Å². The molecule has 2 aliphatic rings. The van der Waals surface area contributed by atoms with E-state index >= 15 is 0 Å². The number of carbonyl (C=O) groups is 1. The van der Waals surface area contributed by atoms with Gasteiger partial charge in [-0.2, -0.15) is 0 Å². The lowest BCUT2D eigenvalue weighted by Gasteiger charge is -2.11. The SMILES string of the molecule is CC[C@@]1(C(=O)O)[C@H](c2ccccc2F)[C@@H]1c1cc(Cl)nc(C2CC2)c1. The van der Waals surface area contributed by atoms with Gasteiger partial charge in [-0.3, -0.25) is 4.79 Å². The van der Waals surface area contributed by atoms with E-state index in [4.69, 9.17) is 11.6 Å². The smallest absolute Gasteiger partial charge is 0.310 e. The molecule has 3 nitrogen and oxygen atoms in total. The van der Waals surface area contributed by atoms with Gasteiger partial charge in [0.1, 0.15) is 11.0 Å². The minimum absolute atomic E-state index is 0.287. The van der Waals surface area contributed by atoms with E-state index in [2.05, 4.69) is 4.98 Å². The zero-order valence-corrected chi connectivity index (χ0v) is 14.6. The molecule has 0 unspecified atom stereocenters. The summed E-state index contributed by atoms with van der Waals surface area (Å²) in [5, 5.41) is 10.3. The van der Waals surface area contributed by atoms with Gasteiger partial charge < -0.3 is 5.11 Å². The van der Waals surface area contributed by atoms with Gasteiger partial charge in [0.15, 0.2) is 0 Å². The number of carboxylic acid groups (broad SMARTS) is 1. The van der Waals surface area contributed by atoms with Crippen molar-refractivity contribution >= 4 is 17.6 Å². The fourth-order valence-corrected chi connectivity index (χ4v) is 4.50. The first-order valence-corrected chi connectivity index (χ1v) is 9.02. The van der Waals surface area contributed by atoms with Crippen LogP contribution in [-0.4, -0.2) is 16.1 Å². The van der Waals surface area contributed by atoms with Gasteiger partial charge in [0.2, 0.25) is 0 Å².